The summed E-state index contributed by atoms with van der Waals surface area (Å²) in [6, 6.07) is 13.6. The van der Waals surface area contributed by atoms with Crippen LogP contribution in [0.1, 0.15) is 33.3 Å². The van der Waals surface area contributed by atoms with Crippen LogP contribution in [0, 0.1) is 0 Å². The Hall–Kier alpha value is -0.863. The summed E-state index contributed by atoms with van der Waals surface area (Å²) in [7, 11) is -1.30. The van der Waals surface area contributed by atoms with Crippen LogP contribution in [0.15, 0.2) is 42.1 Å². The van der Waals surface area contributed by atoms with Crippen molar-refractivity contribution in [3.8, 4) is 0 Å². The zero-order valence-corrected chi connectivity index (χ0v) is 13.1. The second-order valence-electron chi connectivity index (χ2n) is 5.27. The quantitative estimate of drug-likeness (QED) is 0.749. The van der Waals surface area contributed by atoms with E-state index in [-0.39, 0.29) is 0 Å². The first-order valence-electron chi connectivity index (χ1n) is 6.98. The van der Waals surface area contributed by atoms with Crippen molar-refractivity contribution in [3.05, 3.63) is 47.7 Å². The Kier molecular flexibility index (Phi) is 5.36. The Morgan fingerprint density at radius 2 is 1.56 bits per heavy atom. The molecular weight excluding hydrogens is 236 g/mol. The highest BCUT2D eigenvalue weighted by atomic mass is 28.3. The number of hydrogen-bond donors (Lipinski definition) is 1. The third-order valence-corrected chi connectivity index (χ3v) is 9.33. The molecule has 0 spiro atoms. The maximum atomic E-state index is 10.6. The standard InChI is InChI=1S/C16H26OSi/c1-5-18(6-2,7-3)14-13-16(4,17)15-11-9-8-10-12-15/h8-14,17H,5-7H2,1-4H3/b14-13+. The van der Waals surface area contributed by atoms with Crippen LogP contribution in [0.5, 0.6) is 0 Å². The molecule has 0 aliphatic rings. The Bertz CT molecular complexity index is 369. The van der Waals surface area contributed by atoms with Crippen molar-refractivity contribution in [2.24, 2.45) is 0 Å². The monoisotopic (exact) mass is 262 g/mol. The molecule has 1 rings (SSSR count). The van der Waals surface area contributed by atoms with Gasteiger partial charge in [-0.25, -0.2) is 0 Å². The van der Waals surface area contributed by atoms with Gasteiger partial charge in [0.25, 0.3) is 0 Å². The zero-order chi connectivity index (χ0) is 13.6. The van der Waals surface area contributed by atoms with Crippen LogP contribution in [0.4, 0.5) is 0 Å². The smallest absolute Gasteiger partial charge is 0.105 e. The van der Waals surface area contributed by atoms with E-state index in [9.17, 15) is 5.11 Å². The van der Waals surface area contributed by atoms with Gasteiger partial charge in [0.1, 0.15) is 5.60 Å². The first kappa shape index (κ1) is 15.2. The molecule has 0 fully saturated rings. The first-order chi connectivity index (χ1) is 8.49. The minimum absolute atomic E-state index is 0.848. The third-order valence-electron chi connectivity index (χ3n) is 4.23. The van der Waals surface area contributed by atoms with Gasteiger partial charge in [0, 0.05) is 0 Å². The summed E-state index contributed by atoms with van der Waals surface area (Å²) < 4.78 is 0. The van der Waals surface area contributed by atoms with E-state index in [1.807, 2.05) is 43.3 Å². The molecule has 1 nitrogen and oxygen atoms in total. The summed E-state index contributed by atoms with van der Waals surface area (Å²) in [6.45, 7) is 8.71. The minimum Gasteiger partial charge on any atom is -0.381 e. The van der Waals surface area contributed by atoms with Crippen molar-refractivity contribution >= 4 is 8.07 Å². The predicted molar refractivity (Wildman–Crippen MR) is 82.3 cm³/mol. The molecule has 0 aliphatic heterocycles. The Labute approximate surface area is 113 Å². The second kappa shape index (κ2) is 6.35. The summed E-state index contributed by atoms with van der Waals surface area (Å²) in [4.78, 5) is 0. The first-order valence-corrected chi connectivity index (χ1v) is 9.68. The molecule has 0 saturated carbocycles. The maximum absolute atomic E-state index is 10.6. The van der Waals surface area contributed by atoms with E-state index in [0.717, 1.165) is 5.56 Å². The van der Waals surface area contributed by atoms with Crippen LogP contribution in [0.2, 0.25) is 18.1 Å². The summed E-state index contributed by atoms with van der Waals surface area (Å²) >= 11 is 0. The van der Waals surface area contributed by atoms with Gasteiger partial charge in [-0.15, -0.1) is 0 Å². The Morgan fingerprint density at radius 1 is 1.06 bits per heavy atom. The largest absolute Gasteiger partial charge is 0.381 e. The summed E-state index contributed by atoms with van der Waals surface area (Å²) in [5.41, 5.74) is 2.46. The fraction of sp³-hybridized carbons (Fsp3) is 0.500. The van der Waals surface area contributed by atoms with Gasteiger partial charge in [-0.05, 0) is 12.5 Å². The molecule has 1 unspecified atom stereocenters. The normalized spacial score (nSPS) is 15.8. The van der Waals surface area contributed by atoms with Crippen LogP contribution in [-0.4, -0.2) is 13.2 Å². The van der Waals surface area contributed by atoms with E-state index in [1.165, 1.54) is 18.1 Å². The predicted octanol–water partition coefficient (Wildman–Crippen LogP) is 4.50. The molecule has 0 aromatic heterocycles. The van der Waals surface area contributed by atoms with Gasteiger partial charge in [0.2, 0.25) is 0 Å². The molecule has 0 aliphatic carbocycles. The summed E-state index contributed by atoms with van der Waals surface area (Å²) in [6.07, 6.45) is 2.02. The minimum atomic E-state index is -1.30. The van der Waals surface area contributed by atoms with Gasteiger partial charge in [0.05, 0.1) is 8.07 Å². The lowest BCUT2D eigenvalue weighted by Gasteiger charge is -2.27. The molecule has 0 saturated heterocycles. The second-order valence-corrected chi connectivity index (χ2v) is 10.4. The van der Waals surface area contributed by atoms with Gasteiger partial charge in [0.15, 0.2) is 0 Å². The van der Waals surface area contributed by atoms with Gasteiger partial charge in [-0.1, -0.05) is 81.0 Å². The molecule has 0 heterocycles. The fourth-order valence-corrected chi connectivity index (χ4v) is 5.20. The average Bonchev–Trinajstić information content (AvgIpc) is 2.42. The van der Waals surface area contributed by atoms with Crippen molar-refractivity contribution < 1.29 is 5.11 Å². The highest BCUT2D eigenvalue weighted by molar-refractivity contribution is 6.84. The van der Waals surface area contributed by atoms with E-state index in [2.05, 4.69) is 26.5 Å². The average molecular weight is 262 g/mol. The molecule has 1 N–H and O–H groups in total. The molecule has 18 heavy (non-hydrogen) atoms. The van der Waals surface area contributed by atoms with Crippen LogP contribution in [0.25, 0.3) is 0 Å². The Morgan fingerprint density at radius 3 is 2.00 bits per heavy atom. The van der Waals surface area contributed by atoms with Gasteiger partial charge >= 0.3 is 0 Å². The van der Waals surface area contributed by atoms with Crippen molar-refractivity contribution in [3.63, 3.8) is 0 Å². The van der Waals surface area contributed by atoms with Crippen LogP contribution in [-0.2, 0) is 5.60 Å². The van der Waals surface area contributed by atoms with E-state index in [4.69, 9.17) is 0 Å². The van der Waals surface area contributed by atoms with Crippen molar-refractivity contribution in [1.29, 1.82) is 0 Å². The number of hydrogen-bond acceptors (Lipinski definition) is 1. The maximum Gasteiger partial charge on any atom is 0.105 e. The SMILES string of the molecule is CC[Si](/C=C/C(C)(O)c1ccccc1)(CC)CC. The van der Waals surface area contributed by atoms with E-state index >= 15 is 0 Å². The molecule has 0 amide bonds. The zero-order valence-electron chi connectivity index (χ0n) is 12.1. The number of aliphatic hydroxyl groups is 1. The summed E-state index contributed by atoms with van der Waals surface area (Å²) in [5, 5.41) is 10.6. The van der Waals surface area contributed by atoms with Crippen molar-refractivity contribution in [2.45, 2.75) is 51.4 Å². The van der Waals surface area contributed by atoms with Crippen LogP contribution >= 0.6 is 0 Å². The molecule has 2 heteroatoms. The molecule has 1 aromatic rings. The molecule has 1 aromatic carbocycles. The van der Waals surface area contributed by atoms with Crippen LogP contribution < -0.4 is 0 Å². The van der Waals surface area contributed by atoms with Gasteiger partial charge in [-0.3, -0.25) is 0 Å². The van der Waals surface area contributed by atoms with Gasteiger partial charge < -0.3 is 5.11 Å². The molecule has 0 radical (unpaired) electrons. The lowest BCUT2D eigenvalue weighted by molar-refractivity contribution is 0.111. The number of rotatable bonds is 6. The van der Waals surface area contributed by atoms with E-state index in [0.29, 0.717) is 0 Å². The van der Waals surface area contributed by atoms with Crippen molar-refractivity contribution in [1.82, 2.24) is 0 Å². The van der Waals surface area contributed by atoms with E-state index < -0.39 is 13.7 Å². The fourth-order valence-electron chi connectivity index (χ4n) is 2.31. The van der Waals surface area contributed by atoms with Crippen LogP contribution in [0.3, 0.4) is 0 Å². The van der Waals surface area contributed by atoms with E-state index in [1.54, 1.807) is 0 Å². The molecule has 1 atom stereocenters. The highest BCUT2D eigenvalue weighted by Gasteiger charge is 2.26. The molecular formula is C16H26OSi. The van der Waals surface area contributed by atoms with Gasteiger partial charge in [-0.2, -0.15) is 0 Å². The molecule has 0 bridgehead atoms. The summed E-state index contributed by atoms with van der Waals surface area (Å²) in [5.74, 6) is 0. The lowest BCUT2D eigenvalue weighted by Crippen LogP contribution is -2.30. The topological polar surface area (TPSA) is 20.2 Å². The highest BCUT2D eigenvalue weighted by Crippen LogP contribution is 2.27. The van der Waals surface area contributed by atoms with Crippen molar-refractivity contribution in [2.75, 3.05) is 0 Å². The third kappa shape index (κ3) is 3.56. The Balaban J connectivity index is 2.95. The lowest BCUT2D eigenvalue weighted by atomic mass is 9.97. The number of benzene rings is 1. The molecule has 100 valence electrons.